The van der Waals surface area contributed by atoms with Gasteiger partial charge in [-0.3, -0.25) is 9.05 Å². The van der Waals surface area contributed by atoms with Crippen LogP contribution in [0, 0.1) is 0 Å². The lowest BCUT2D eigenvalue weighted by atomic mass is 10.9. The van der Waals surface area contributed by atoms with E-state index in [9.17, 15) is 4.57 Å². The van der Waals surface area contributed by atoms with Crippen LogP contribution < -0.4 is 0 Å². The Morgan fingerprint density at radius 1 is 1.33 bits per heavy atom. The van der Waals surface area contributed by atoms with Gasteiger partial charge in [0.2, 0.25) is 0 Å². The third-order valence-electron chi connectivity index (χ3n) is 0.816. The fraction of sp³-hybridized carbons (Fsp3) is 0.667. The first kappa shape index (κ1) is 12.0. The van der Waals surface area contributed by atoms with Gasteiger partial charge >= 0.3 is 7.82 Å². The van der Waals surface area contributed by atoms with E-state index in [1.807, 2.05) is 0 Å². The van der Waals surface area contributed by atoms with Gasteiger partial charge in [-0.05, 0) is 13.8 Å². The number of rotatable bonds is 6. The fourth-order valence-corrected chi connectivity index (χ4v) is 1.67. The second-order valence-electron chi connectivity index (χ2n) is 1.65. The maximum Gasteiger partial charge on any atom is 0.529 e. The maximum atomic E-state index is 11.4. The number of phosphoric ester groups is 1. The minimum atomic E-state index is -3.41. The summed E-state index contributed by atoms with van der Waals surface area (Å²) in [7, 11) is -3.41. The molecule has 0 amide bonds. The van der Waals surface area contributed by atoms with Crippen molar-refractivity contribution in [1.82, 2.24) is 0 Å². The molecule has 0 aromatic rings. The maximum absolute atomic E-state index is 11.4. The lowest BCUT2D eigenvalue weighted by Gasteiger charge is -2.13. The molecule has 0 N–H and O–H groups in total. The summed E-state index contributed by atoms with van der Waals surface area (Å²) in [6.45, 7) is 3.90. The van der Waals surface area contributed by atoms with Crippen molar-refractivity contribution in [2.75, 3.05) is 13.2 Å². The lowest BCUT2D eigenvalue weighted by Crippen LogP contribution is -1.96. The molecule has 0 unspecified atom stereocenters. The van der Waals surface area contributed by atoms with Gasteiger partial charge in [-0.15, -0.1) is 0 Å². The summed E-state index contributed by atoms with van der Waals surface area (Å²) in [6.07, 6.45) is 1.06. The van der Waals surface area contributed by atoms with E-state index in [0.29, 0.717) is 0 Å². The van der Waals surface area contributed by atoms with Gasteiger partial charge in [0.05, 0.1) is 13.2 Å². The molecule has 0 heterocycles. The van der Waals surface area contributed by atoms with Crippen molar-refractivity contribution in [1.29, 1.82) is 0 Å². The first-order valence-corrected chi connectivity index (χ1v) is 5.41. The zero-order valence-electron chi connectivity index (χ0n) is 7.03. The SMILES string of the molecule is CCOP(=O)(O/C=C/Cl)OCC. The molecule has 0 aromatic carbocycles. The fourth-order valence-electron chi connectivity index (χ4n) is 0.512. The topological polar surface area (TPSA) is 44.8 Å². The van der Waals surface area contributed by atoms with Crippen molar-refractivity contribution in [3.05, 3.63) is 11.8 Å². The summed E-state index contributed by atoms with van der Waals surface area (Å²) >= 11 is 5.17. The minimum Gasteiger partial charge on any atom is -0.411 e. The highest BCUT2D eigenvalue weighted by Gasteiger charge is 2.24. The molecule has 0 radical (unpaired) electrons. The Balaban J connectivity index is 4.08. The largest absolute Gasteiger partial charge is 0.529 e. The van der Waals surface area contributed by atoms with Crippen LogP contribution in [0.25, 0.3) is 0 Å². The number of hydrogen-bond donors (Lipinski definition) is 0. The van der Waals surface area contributed by atoms with Crippen molar-refractivity contribution < 1.29 is 18.1 Å². The van der Waals surface area contributed by atoms with Gasteiger partial charge in [-0.1, -0.05) is 11.6 Å². The molecular weight excluding hydrogens is 202 g/mol. The molecule has 0 aliphatic carbocycles. The van der Waals surface area contributed by atoms with Crippen molar-refractivity contribution >= 4 is 19.4 Å². The van der Waals surface area contributed by atoms with Gasteiger partial charge in [0, 0.05) is 5.54 Å². The van der Waals surface area contributed by atoms with Crippen molar-refractivity contribution in [2.45, 2.75) is 13.8 Å². The van der Waals surface area contributed by atoms with Crippen LogP contribution in [0.5, 0.6) is 0 Å². The van der Waals surface area contributed by atoms with E-state index in [0.717, 1.165) is 11.8 Å². The van der Waals surface area contributed by atoms with E-state index in [2.05, 4.69) is 4.52 Å². The van der Waals surface area contributed by atoms with Gasteiger partial charge in [-0.25, -0.2) is 4.57 Å². The smallest absolute Gasteiger partial charge is 0.411 e. The van der Waals surface area contributed by atoms with Gasteiger partial charge < -0.3 is 4.52 Å². The molecular formula is C6H12ClO4P. The van der Waals surface area contributed by atoms with E-state index < -0.39 is 7.82 Å². The molecule has 0 rings (SSSR count). The first-order chi connectivity index (χ1) is 5.68. The van der Waals surface area contributed by atoms with Crippen LogP contribution in [0.15, 0.2) is 11.8 Å². The number of hydrogen-bond acceptors (Lipinski definition) is 4. The Morgan fingerprint density at radius 2 is 1.83 bits per heavy atom. The van der Waals surface area contributed by atoms with E-state index in [1.165, 1.54) is 0 Å². The molecule has 0 aliphatic rings. The third-order valence-corrected chi connectivity index (χ3v) is 2.45. The van der Waals surface area contributed by atoms with Gasteiger partial charge in [0.25, 0.3) is 0 Å². The Kier molecular flexibility index (Phi) is 6.48. The lowest BCUT2D eigenvalue weighted by molar-refractivity contribution is 0.154. The van der Waals surface area contributed by atoms with E-state index in [1.54, 1.807) is 13.8 Å². The molecule has 0 aliphatic heterocycles. The summed E-state index contributed by atoms with van der Waals surface area (Å²) in [5, 5.41) is 0. The van der Waals surface area contributed by atoms with Gasteiger partial charge in [0.1, 0.15) is 6.26 Å². The van der Waals surface area contributed by atoms with Crippen LogP contribution >= 0.6 is 19.4 Å². The highest BCUT2D eigenvalue weighted by molar-refractivity contribution is 7.48. The van der Waals surface area contributed by atoms with Crippen LogP contribution in [0.4, 0.5) is 0 Å². The molecule has 0 atom stereocenters. The monoisotopic (exact) mass is 214 g/mol. The molecule has 0 aromatic heterocycles. The van der Waals surface area contributed by atoms with Crippen LogP contribution in [0.1, 0.15) is 13.8 Å². The Labute approximate surface area is 77.1 Å². The highest BCUT2D eigenvalue weighted by atomic mass is 35.5. The quantitative estimate of drug-likeness (QED) is 0.504. The summed E-state index contributed by atoms with van der Waals surface area (Å²) in [5.74, 6) is 0. The van der Waals surface area contributed by atoms with E-state index >= 15 is 0 Å². The Bertz CT molecular complexity index is 172. The molecule has 4 nitrogen and oxygen atoms in total. The van der Waals surface area contributed by atoms with E-state index in [-0.39, 0.29) is 13.2 Å². The number of halogens is 1. The predicted molar refractivity (Wildman–Crippen MR) is 46.9 cm³/mol. The molecule has 0 bridgehead atoms. The standard InChI is InChI=1S/C6H12ClO4P/c1-3-9-12(8,10-4-2)11-6-5-7/h5-6H,3-4H2,1-2H3/b6-5+. The molecule has 0 fully saturated rings. The molecule has 0 spiro atoms. The molecule has 0 saturated heterocycles. The second kappa shape index (κ2) is 6.49. The van der Waals surface area contributed by atoms with Crippen molar-refractivity contribution in [3.8, 4) is 0 Å². The minimum absolute atomic E-state index is 0.257. The number of phosphoric acid groups is 1. The normalized spacial score (nSPS) is 12.2. The summed E-state index contributed by atoms with van der Waals surface area (Å²) in [5.41, 5.74) is 1.09. The van der Waals surface area contributed by atoms with Gasteiger partial charge in [0.15, 0.2) is 0 Å². The molecule has 6 heteroatoms. The highest BCUT2D eigenvalue weighted by Crippen LogP contribution is 2.49. The van der Waals surface area contributed by atoms with E-state index in [4.69, 9.17) is 20.6 Å². The summed E-state index contributed by atoms with van der Waals surface area (Å²) in [6, 6.07) is 0. The summed E-state index contributed by atoms with van der Waals surface area (Å²) < 4.78 is 25.6. The average Bonchev–Trinajstić information content (AvgIpc) is 2.02. The Hall–Kier alpha value is -0.0200. The average molecular weight is 215 g/mol. The third kappa shape index (κ3) is 4.78. The van der Waals surface area contributed by atoms with Crippen LogP contribution in [-0.4, -0.2) is 13.2 Å². The Morgan fingerprint density at radius 3 is 2.17 bits per heavy atom. The zero-order chi connectivity index (χ0) is 9.45. The first-order valence-electron chi connectivity index (χ1n) is 3.51. The van der Waals surface area contributed by atoms with Crippen molar-refractivity contribution in [3.63, 3.8) is 0 Å². The predicted octanol–water partition coefficient (Wildman–Crippen LogP) is 2.89. The molecule has 72 valence electrons. The second-order valence-corrected chi connectivity index (χ2v) is 3.52. The zero-order valence-corrected chi connectivity index (χ0v) is 8.68. The van der Waals surface area contributed by atoms with Crippen LogP contribution in [0.3, 0.4) is 0 Å². The summed E-state index contributed by atoms with van der Waals surface area (Å²) in [4.78, 5) is 0. The molecule has 0 saturated carbocycles. The van der Waals surface area contributed by atoms with Crippen LogP contribution in [-0.2, 0) is 18.1 Å². The van der Waals surface area contributed by atoms with Crippen LogP contribution in [0.2, 0.25) is 0 Å². The molecule has 12 heavy (non-hydrogen) atoms. The van der Waals surface area contributed by atoms with Crippen molar-refractivity contribution in [2.24, 2.45) is 0 Å². The van der Waals surface area contributed by atoms with Gasteiger partial charge in [-0.2, -0.15) is 0 Å².